The fourth-order valence-electron chi connectivity index (χ4n) is 8.32. The van der Waals surface area contributed by atoms with Gasteiger partial charge in [-0.1, -0.05) is 48.4 Å². The lowest BCUT2D eigenvalue weighted by molar-refractivity contribution is -0.314. The molecule has 12 nitrogen and oxygen atoms in total. The maximum Gasteiger partial charge on any atom is 0.346 e. The lowest BCUT2D eigenvalue weighted by atomic mass is 9.68. The van der Waals surface area contributed by atoms with E-state index in [0.29, 0.717) is 35.7 Å². The molecule has 2 amide bonds. The Morgan fingerprint density at radius 2 is 1.61 bits per heavy atom. The van der Waals surface area contributed by atoms with E-state index in [1.54, 1.807) is 4.90 Å². The second kappa shape index (κ2) is 11.4. The van der Waals surface area contributed by atoms with Crippen LogP contribution in [0.25, 0.3) is 22.1 Å². The standard InChI is InChI=1S/C34H42N8O4/c1-33(19-23-9-12-27-30(18-23)41(38-37-27)31(43)35-28-17-22-7-10-24(28)11-8-22)20-45-34(46-21-33)15-13-25(14-16-34)40(2)32(44)42-29-6-4-3-5-26(29)36-39-42/h3-6,9,12,18,22,24-25,28H,7-8,10-11,13-17,19-21H2,1-2H3,(H,35,43). The Labute approximate surface area is 267 Å². The minimum Gasteiger partial charge on any atom is -0.349 e. The van der Waals surface area contributed by atoms with Crippen LogP contribution in [-0.4, -0.2) is 85.1 Å². The molecule has 12 heteroatoms. The highest BCUT2D eigenvalue weighted by molar-refractivity contribution is 5.88. The summed E-state index contributed by atoms with van der Waals surface area (Å²) >= 11 is 0. The predicted octanol–water partition coefficient (Wildman–Crippen LogP) is 5.15. The molecular formula is C34H42N8O4. The van der Waals surface area contributed by atoms with E-state index in [1.807, 2.05) is 43.4 Å². The molecule has 1 N–H and O–H groups in total. The zero-order chi connectivity index (χ0) is 31.5. The largest absolute Gasteiger partial charge is 0.349 e. The quantitative estimate of drug-likeness (QED) is 0.330. The van der Waals surface area contributed by atoms with Crippen molar-refractivity contribution in [1.82, 2.24) is 40.2 Å². The van der Waals surface area contributed by atoms with E-state index in [4.69, 9.17) is 9.47 Å². The van der Waals surface area contributed by atoms with Crippen LogP contribution in [0.4, 0.5) is 9.59 Å². The number of nitrogens with zero attached hydrogens (tertiary/aromatic N) is 7. The Kier molecular flexibility index (Phi) is 7.32. The van der Waals surface area contributed by atoms with Gasteiger partial charge in [-0.05, 0) is 80.2 Å². The van der Waals surface area contributed by atoms with Crippen molar-refractivity contribution >= 4 is 34.1 Å². The first-order valence-electron chi connectivity index (χ1n) is 16.8. The van der Waals surface area contributed by atoms with Gasteiger partial charge < -0.3 is 19.7 Å². The molecule has 46 heavy (non-hydrogen) atoms. The third kappa shape index (κ3) is 5.34. The average Bonchev–Trinajstić information content (AvgIpc) is 3.71. The van der Waals surface area contributed by atoms with Crippen molar-refractivity contribution in [2.24, 2.45) is 17.3 Å². The summed E-state index contributed by atoms with van der Waals surface area (Å²) in [6.45, 7) is 3.32. The molecule has 9 rings (SSSR count). The first-order chi connectivity index (χ1) is 22.3. The van der Waals surface area contributed by atoms with Gasteiger partial charge in [0.25, 0.3) is 0 Å². The van der Waals surface area contributed by atoms with Crippen LogP contribution in [0.3, 0.4) is 0 Å². The highest BCUT2D eigenvalue weighted by atomic mass is 16.7. The molecule has 1 aliphatic heterocycles. The van der Waals surface area contributed by atoms with Crippen LogP contribution in [0, 0.1) is 17.3 Å². The van der Waals surface area contributed by atoms with Crippen LogP contribution in [0.5, 0.6) is 0 Å². The fourth-order valence-corrected chi connectivity index (χ4v) is 8.32. The molecule has 1 atom stereocenters. The SMILES string of the molecule is CN(C(=O)n1nnc2ccccc21)C1CCC2(CC1)OCC(C)(Cc1ccc3nnn(C(=O)NC4CC5CCC4CC5)c3c1)CO2. The lowest BCUT2D eigenvalue weighted by Crippen LogP contribution is -2.53. The minimum atomic E-state index is -0.622. The number of hydrogen-bond acceptors (Lipinski definition) is 8. The van der Waals surface area contributed by atoms with Gasteiger partial charge >= 0.3 is 12.1 Å². The lowest BCUT2D eigenvalue weighted by Gasteiger charge is -2.48. The molecule has 1 spiro atoms. The maximum absolute atomic E-state index is 13.3. The van der Waals surface area contributed by atoms with E-state index in [0.717, 1.165) is 55.5 Å². The normalized spacial score (nSPS) is 31.0. The number of rotatable bonds is 4. The molecule has 2 bridgehead atoms. The van der Waals surface area contributed by atoms with Gasteiger partial charge in [0.15, 0.2) is 5.79 Å². The number of nitrogens with one attached hydrogen (secondary N) is 1. The summed E-state index contributed by atoms with van der Waals surface area (Å²) in [6.07, 6.45) is 9.82. The van der Waals surface area contributed by atoms with E-state index in [9.17, 15) is 9.59 Å². The molecule has 4 aromatic rings. The van der Waals surface area contributed by atoms with Gasteiger partial charge in [0.05, 0.1) is 24.2 Å². The Hall–Kier alpha value is -3.90. The van der Waals surface area contributed by atoms with Crippen molar-refractivity contribution in [3.05, 3.63) is 48.0 Å². The van der Waals surface area contributed by atoms with Crippen molar-refractivity contribution in [3.63, 3.8) is 0 Å². The summed E-state index contributed by atoms with van der Waals surface area (Å²) in [6, 6.07) is 13.5. The smallest absolute Gasteiger partial charge is 0.346 e. The van der Waals surface area contributed by atoms with Crippen LogP contribution in [-0.2, 0) is 15.9 Å². The molecule has 2 aromatic heterocycles. The topological polar surface area (TPSA) is 129 Å². The van der Waals surface area contributed by atoms with Gasteiger partial charge in [-0.25, -0.2) is 9.59 Å². The number of para-hydroxylation sites is 1. The van der Waals surface area contributed by atoms with Gasteiger partial charge in [-0.3, -0.25) is 0 Å². The van der Waals surface area contributed by atoms with Gasteiger partial charge in [0.2, 0.25) is 0 Å². The zero-order valence-electron chi connectivity index (χ0n) is 26.6. The Bertz CT molecular complexity index is 1760. The summed E-state index contributed by atoms with van der Waals surface area (Å²) in [5, 5.41) is 20.0. The van der Waals surface area contributed by atoms with Crippen LogP contribution in [0.1, 0.15) is 70.3 Å². The summed E-state index contributed by atoms with van der Waals surface area (Å²) in [7, 11) is 1.84. The van der Waals surface area contributed by atoms with Crippen molar-refractivity contribution in [2.45, 2.75) is 89.0 Å². The Balaban J connectivity index is 0.879. The molecule has 0 radical (unpaired) electrons. The molecule has 2 aromatic carbocycles. The second-order valence-electron chi connectivity index (χ2n) is 14.5. The Morgan fingerprint density at radius 3 is 2.33 bits per heavy atom. The molecule has 4 aliphatic carbocycles. The number of benzene rings is 2. The third-order valence-electron chi connectivity index (χ3n) is 11.2. The predicted molar refractivity (Wildman–Crippen MR) is 170 cm³/mol. The first-order valence-corrected chi connectivity index (χ1v) is 16.8. The Morgan fingerprint density at radius 1 is 0.913 bits per heavy atom. The second-order valence-corrected chi connectivity index (χ2v) is 14.5. The number of hydrogen-bond donors (Lipinski definition) is 1. The summed E-state index contributed by atoms with van der Waals surface area (Å²) in [4.78, 5) is 28.3. The number of ether oxygens (including phenoxy) is 2. The maximum atomic E-state index is 13.3. The number of carbonyl (C=O) groups excluding carboxylic acids is 2. The molecule has 5 aliphatic rings. The van der Waals surface area contributed by atoms with Crippen LogP contribution < -0.4 is 5.32 Å². The zero-order valence-corrected chi connectivity index (χ0v) is 26.6. The minimum absolute atomic E-state index is 0.0669. The average molecular weight is 627 g/mol. The van der Waals surface area contributed by atoms with Gasteiger partial charge in [-0.2, -0.15) is 9.36 Å². The van der Waals surface area contributed by atoms with Crippen LogP contribution >= 0.6 is 0 Å². The number of carbonyl (C=O) groups is 2. The van der Waals surface area contributed by atoms with Gasteiger partial charge in [0, 0.05) is 37.4 Å². The van der Waals surface area contributed by atoms with E-state index >= 15 is 0 Å². The summed E-state index contributed by atoms with van der Waals surface area (Å²) < 4.78 is 15.8. The van der Waals surface area contributed by atoms with Gasteiger partial charge in [0.1, 0.15) is 11.0 Å². The number of fused-ring (bicyclic) bond motifs is 5. The van der Waals surface area contributed by atoms with E-state index in [2.05, 4.69) is 38.9 Å². The number of aromatic nitrogens is 6. The van der Waals surface area contributed by atoms with Crippen molar-refractivity contribution in [2.75, 3.05) is 20.3 Å². The molecule has 5 fully saturated rings. The monoisotopic (exact) mass is 626 g/mol. The highest BCUT2D eigenvalue weighted by Crippen LogP contribution is 2.43. The van der Waals surface area contributed by atoms with Crippen molar-refractivity contribution < 1.29 is 19.1 Å². The van der Waals surface area contributed by atoms with E-state index < -0.39 is 5.79 Å². The first kappa shape index (κ1) is 29.5. The van der Waals surface area contributed by atoms with Crippen LogP contribution in [0.15, 0.2) is 42.5 Å². The van der Waals surface area contributed by atoms with E-state index in [-0.39, 0.29) is 29.6 Å². The van der Waals surface area contributed by atoms with Crippen molar-refractivity contribution in [3.8, 4) is 0 Å². The van der Waals surface area contributed by atoms with Crippen LogP contribution in [0.2, 0.25) is 0 Å². The molecule has 1 saturated heterocycles. The van der Waals surface area contributed by atoms with E-state index in [1.165, 1.54) is 35.0 Å². The molecular weight excluding hydrogens is 584 g/mol. The molecule has 3 heterocycles. The fraction of sp³-hybridized carbons (Fsp3) is 0.588. The van der Waals surface area contributed by atoms with Crippen molar-refractivity contribution in [1.29, 1.82) is 0 Å². The summed E-state index contributed by atoms with van der Waals surface area (Å²) in [5.74, 6) is 0.692. The molecule has 1 unspecified atom stereocenters. The summed E-state index contributed by atoms with van der Waals surface area (Å²) in [5.41, 5.74) is 3.71. The molecule has 242 valence electrons. The van der Waals surface area contributed by atoms with Gasteiger partial charge in [-0.15, -0.1) is 10.2 Å². The highest BCUT2D eigenvalue weighted by Gasteiger charge is 2.46. The molecule has 4 saturated carbocycles. The third-order valence-corrected chi connectivity index (χ3v) is 11.2. The number of amides is 2.